The van der Waals surface area contributed by atoms with E-state index in [1.165, 1.54) is 13.2 Å². The highest BCUT2D eigenvalue weighted by molar-refractivity contribution is 6.31. The van der Waals surface area contributed by atoms with Gasteiger partial charge >= 0.3 is 5.97 Å². The third kappa shape index (κ3) is 5.13. The molecule has 1 N–H and O–H groups in total. The van der Waals surface area contributed by atoms with Gasteiger partial charge in [0, 0.05) is 5.02 Å². The van der Waals surface area contributed by atoms with Crippen LogP contribution in [0.5, 0.6) is 11.5 Å². The number of halogens is 1. The van der Waals surface area contributed by atoms with Crippen molar-refractivity contribution in [3.63, 3.8) is 0 Å². The Labute approximate surface area is 157 Å². The standard InChI is InChI=1S/C19H20ClNO5/c1-4-25-19(23)13-6-5-7-15(10-13)26-12(2)18(22)21-16-11-14(20)8-9-17(16)24-3/h5-12H,4H2,1-3H3,(H,21,22). The summed E-state index contributed by atoms with van der Waals surface area (Å²) >= 11 is 5.96. The largest absolute Gasteiger partial charge is 0.495 e. The van der Waals surface area contributed by atoms with Gasteiger partial charge in [-0.2, -0.15) is 0 Å². The molecule has 138 valence electrons. The molecule has 1 amide bonds. The number of carbonyl (C=O) groups excluding carboxylic acids is 2. The van der Waals surface area contributed by atoms with Gasteiger partial charge in [0.2, 0.25) is 0 Å². The summed E-state index contributed by atoms with van der Waals surface area (Å²) in [5, 5.41) is 3.18. The Kier molecular flexibility index (Phi) is 6.86. The van der Waals surface area contributed by atoms with Crippen LogP contribution in [0.25, 0.3) is 0 Å². The minimum absolute atomic E-state index is 0.282. The summed E-state index contributed by atoms with van der Waals surface area (Å²) in [5.41, 5.74) is 0.800. The van der Waals surface area contributed by atoms with Gasteiger partial charge in [0.1, 0.15) is 11.5 Å². The number of hydrogen-bond acceptors (Lipinski definition) is 5. The summed E-state index contributed by atoms with van der Waals surface area (Å²) < 4.78 is 15.8. The Morgan fingerprint density at radius 3 is 2.65 bits per heavy atom. The molecule has 1 atom stereocenters. The minimum Gasteiger partial charge on any atom is -0.495 e. The van der Waals surface area contributed by atoms with E-state index in [0.29, 0.717) is 27.8 Å². The van der Waals surface area contributed by atoms with E-state index in [2.05, 4.69) is 5.32 Å². The van der Waals surface area contributed by atoms with Gasteiger partial charge in [-0.25, -0.2) is 4.79 Å². The molecule has 0 radical (unpaired) electrons. The van der Waals surface area contributed by atoms with Gasteiger partial charge in [-0.15, -0.1) is 0 Å². The lowest BCUT2D eigenvalue weighted by atomic mass is 10.2. The van der Waals surface area contributed by atoms with Crippen LogP contribution in [0.3, 0.4) is 0 Å². The highest BCUT2D eigenvalue weighted by Crippen LogP contribution is 2.28. The number of benzene rings is 2. The summed E-state index contributed by atoms with van der Waals surface area (Å²) in [4.78, 5) is 24.2. The van der Waals surface area contributed by atoms with Crippen molar-refractivity contribution in [2.45, 2.75) is 20.0 Å². The van der Waals surface area contributed by atoms with E-state index >= 15 is 0 Å². The second-order valence-electron chi connectivity index (χ2n) is 5.34. The molecule has 0 saturated heterocycles. The van der Waals surface area contributed by atoms with Crippen molar-refractivity contribution < 1.29 is 23.8 Å². The molecule has 2 rings (SSSR count). The lowest BCUT2D eigenvalue weighted by Crippen LogP contribution is -2.30. The lowest BCUT2D eigenvalue weighted by Gasteiger charge is -2.16. The van der Waals surface area contributed by atoms with Crippen LogP contribution >= 0.6 is 11.6 Å². The third-order valence-corrected chi connectivity index (χ3v) is 3.68. The Balaban J connectivity index is 2.07. The topological polar surface area (TPSA) is 73.9 Å². The number of amides is 1. The number of nitrogens with one attached hydrogen (secondary N) is 1. The fourth-order valence-electron chi connectivity index (χ4n) is 2.18. The predicted molar refractivity (Wildman–Crippen MR) is 99.1 cm³/mol. The van der Waals surface area contributed by atoms with E-state index in [1.807, 2.05) is 0 Å². The van der Waals surface area contributed by atoms with Gasteiger partial charge in [0.25, 0.3) is 5.91 Å². The van der Waals surface area contributed by atoms with Crippen LogP contribution in [-0.2, 0) is 9.53 Å². The molecule has 0 aliphatic rings. The smallest absolute Gasteiger partial charge is 0.338 e. The Morgan fingerprint density at radius 1 is 1.19 bits per heavy atom. The van der Waals surface area contributed by atoms with Crippen molar-refractivity contribution >= 4 is 29.2 Å². The van der Waals surface area contributed by atoms with E-state index in [-0.39, 0.29) is 12.5 Å². The number of carbonyl (C=O) groups is 2. The van der Waals surface area contributed by atoms with E-state index in [1.54, 1.807) is 50.2 Å². The predicted octanol–water partition coefficient (Wildman–Crippen LogP) is 3.93. The van der Waals surface area contributed by atoms with Crippen LogP contribution < -0.4 is 14.8 Å². The second kappa shape index (κ2) is 9.10. The Morgan fingerprint density at radius 2 is 1.96 bits per heavy atom. The van der Waals surface area contributed by atoms with Crippen molar-refractivity contribution in [3.8, 4) is 11.5 Å². The number of esters is 1. The molecule has 2 aromatic rings. The maximum absolute atomic E-state index is 12.4. The van der Waals surface area contributed by atoms with E-state index in [4.69, 9.17) is 25.8 Å². The fraction of sp³-hybridized carbons (Fsp3) is 0.263. The van der Waals surface area contributed by atoms with Crippen LogP contribution in [0.2, 0.25) is 5.02 Å². The van der Waals surface area contributed by atoms with Gasteiger partial charge in [-0.3, -0.25) is 4.79 Å². The van der Waals surface area contributed by atoms with E-state index in [9.17, 15) is 9.59 Å². The number of methoxy groups -OCH3 is 1. The number of hydrogen-bond donors (Lipinski definition) is 1. The SMILES string of the molecule is CCOC(=O)c1cccc(OC(C)C(=O)Nc2cc(Cl)ccc2OC)c1. The molecule has 0 spiro atoms. The van der Waals surface area contributed by atoms with Crippen molar-refractivity contribution in [3.05, 3.63) is 53.1 Å². The van der Waals surface area contributed by atoms with Crippen molar-refractivity contribution in [2.24, 2.45) is 0 Å². The average molecular weight is 378 g/mol. The highest BCUT2D eigenvalue weighted by Gasteiger charge is 2.18. The van der Waals surface area contributed by atoms with E-state index in [0.717, 1.165) is 0 Å². The maximum atomic E-state index is 12.4. The van der Waals surface area contributed by atoms with Gasteiger partial charge in [-0.1, -0.05) is 17.7 Å². The molecule has 0 aliphatic heterocycles. The second-order valence-corrected chi connectivity index (χ2v) is 5.78. The van der Waals surface area contributed by atoms with Gasteiger partial charge in [-0.05, 0) is 50.2 Å². The first-order chi connectivity index (χ1) is 12.4. The average Bonchev–Trinajstić information content (AvgIpc) is 2.62. The Bertz CT molecular complexity index is 793. The van der Waals surface area contributed by atoms with Crippen molar-refractivity contribution in [1.82, 2.24) is 0 Å². The quantitative estimate of drug-likeness (QED) is 0.740. The number of anilines is 1. The molecule has 6 nitrogen and oxygen atoms in total. The molecule has 0 heterocycles. The zero-order valence-corrected chi connectivity index (χ0v) is 15.5. The fourth-order valence-corrected chi connectivity index (χ4v) is 2.35. The monoisotopic (exact) mass is 377 g/mol. The zero-order valence-electron chi connectivity index (χ0n) is 14.7. The first kappa shape index (κ1) is 19.6. The molecule has 0 aromatic heterocycles. The van der Waals surface area contributed by atoms with Gasteiger partial charge in [0.15, 0.2) is 6.10 Å². The first-order valence-corrected chi connectivity index (χ1v) is 8.40. The third-order valence-electron chi connectivity index (χ3n) is 3.45. The summed E-state index contributed by atoms with van der Waals surface area (Å²) in [6, 6.07) is 11.4. The normalized spacial score (nSPS) is 11.4. The zero-order chi connectivity index (χ0) is 19.1. The Hall–Kier alpha value is -2.73. The summed E-state index contributed by atoms with van der Waals surface area (Å²) in [5.74, 6) is 0.0429. The van der Waals surface area contributed by atoms with Gasteiger partial charge in [0.05, 0.1) is 25.0 Å². The van der Waals surface area contributed by atoms with Crippen LogP contribution in [0, 0.1) is 0 Å². The minimum atomic E-state index is -0.809. The van der Waals surface area contributed by atoms with Crippen molar-refractivity contribution in [1.29, 1.82) is 0 Å². The highest BCUT2D eigenvalue weighted by atomic mass is 35.5. The molecule has 7 heteroatoms. The molecular weight excluding hydrogens is 358 g/mol. The number of ether oxygens (including phenoxy) is 3. The molecule has 0 bridgehead atoms. The molecular formula is C19H20ClNO5. The molecule has 1 unspecified atom stereocenters. The molecule has 26 heavy (non-hydrogen) atoms. The van der Waals surface area contributed by atoms with Crippen LogP contribution in [0.15, 0.2) is 42.5 Å². The molecule has 0 saturated carbocycles. The van der Waals surface area contributed by atoms with Crippen molar-refractivity contribution in [2.75, 3.05) is 19.0 Å². The molecule has 2 aromatic carbocycles. The maximum Gasteiger partial charge on any atom is 0.338 e. The summed E-state index contributed by atoms with van der Waals surface area (Å²) in [6.07, 6.45) is -0.809. The molecule has 0 fully saturated rings. The summed E-state index contributed by atoms with van der Waals surface area (Å²) in [6.45, 7) is 3.61. The summed E-state index contributed by atoms with van der Waals surface area (Å²) in [7, 11) is 1.50. The first-order valence-electron chi connectivity index (χ1n) is 8.02. The van der Waals surface area contributed by atoms with Crippen LogP contribution in [-0.4, -0.2) is 31.7 Å². The lowest BCUT2D eigenvalue weighted by molar-refractivity contribution is -0.122. The van der Waals surface area contributed by atoms with Crippen LogP contribution in [0.1, 0.15) is 24.2 Å². The van der Waals surface area contributed by atoms with Crippen LogP contribution in [0.4, 0.5) is 5.69 Å². The van der Waals surface area contributed by atoms with E-state index < -0.39 is 12.1 Å². The molecule has 0 aliphatic carbocycles. The van der Waals surface area contributed by atoms with Gasteiger partial charge < -0.3 is 19.5 Å². The number of rotatable bonds is 7.